The fourth-order valence-electron chi connectivity index (χ4n) is 1.67. The first-order chi connectivity index (χ1) is 7.97. The third kappa shape index (κ3) is 2.61. The molecule has 0 aromatic heterocycles. The average Bonchev–Trinajstić information content (AvgIpc) is 2.28. The molecular weight excluding hydrogens is 220 g/mol. The Morgan fingerprint density at radius 3 is 2.12 bits per heavy atom. The van der Waals surface area contributed by atoms with Crippen molar-refractivity contribution in [3.05, 3.63) is 54.1 Å². The molecule has 0 saturated heterocycles. The van der Waals surface area contributed by atoms with E-state index in [0.717, 1.165) is 18.1 Å². The summed E-state index contributed by atoms with van der Waals surface area (Å²) < 4.78 is 26.1. The highest BCUT2D eigenvalue weighted by Crippen LogP contribution is 2.29. The molecule has 2 aromatic carbocycles. The first-order valence-electron chi connectivity index (χ1n) is 5.31. The van der Waals surface area contributed by atoms with Gasteiger partial charge in [-0.2, -0.15) is 0 Å². The van der Waals surface area contributed by atoms with Crippen LogP contribution in [-0.2, 0) is 5.92 Å². The summed E-state index contributed by atoms with van der Waals surface area (Å²) in [5, 5.41) is 0. The second-order valence-corrected chi connectivity index (χ2v) is 4.09. The van der Waals surface area contributed by atoms with Crippen LogP contribution >= 0.6 is 0 Å². The average molecular weight is 233 g/mol. The molecule has 0 spiro atoms. The van der Waals surface area contributed by atoms with Crippen LogP contribution in [-0.4, -0.2) is 0 Å². The standard InChI is InChI=1S/C14H13F2N/c1-14(15,16)12-7-5-10(6-8-12)11-3-2-4-13(17)9-11/h2-9H,17H2,1H3. The number of anilines is 1. The summed E-state index contributed by atoms with van der Waals surface area (Å²) in [6.45, 7) is 0.891. The van der Waals surface area contributed by atoms with Crippen molar-refractivity contribution in [2.24, 2.45) is 0 Å². The van der Waals surface area contributed by atoms with E-state index < -0.39 is 5.92 Å². The summed E-state index contributed by atoms with van der Waals surface area (Å²) in [5.41, 5.74) is 8.16. The van der Waals surface area contributed by atoms with Gasteiger partial charge in [0.15, 0.2) is 0 Å². The predicted molar refractivity (Wildman–Crippen MR) is 65.9 cm³/mol. The van der Waals surface area contributed by atoms with Crippen molar-refractivity contribution in [1.29, 1.82) is 0 Å². The quantitative estimate of drug-likeness (QED) is 0.778. The second kappa shape index (κ2) is 4.17. The van der Waals surface area contributed by atoms with Gasteiger partial charge in [0.05, 0.1) is 0 Å². The molecule has 2 rings (SSSR count). The number of hydrogen-bond acceptors (Lipinski definition) is 1. The Morgan fingerprint density at radius 1 is 0.941 bits per heavy atom. The second-order valence-electron chi connectivity index (χ2n) is 4.09. The molecule has 1 nitrogen and oxygen atoms in total. The molecule has 17 heavy (non-hydrogen) atoms. The molecule has 0 saturated carbocycles. The Hall–Kier alpha value is -1.90. The highest BCUT2D eigenvalue weighted by atomic mass is 19.3. The minimum atomic E-state index is -2.80. The Labute approximate surface area is 98.9 Å². The largest absolute Gasteiger partial charge is 0.399 e. The van der Waals surface area contributed by atoms with Gasteiger partial charge in [0.2, 0.25) is 0 Å². The Kier molecular flexibility index (Phi) is 2.84. The molecule has 0 aliphatic carbocycles. The SMILES string of the molecule is CC(F)(F)c1ccc(-c2cccc(N)c2)cc1. The van der Waals surface area contributed by atoms with Gasteiger partial charge < -0.3 is 5.73 Å². The van der Waals surface area contributed by atoms with Crippen LogP contribution in [0.15, 0.2) is 48.5 Å². The fraction of sp³-hybridized carbons (Fsp3) is 0.143. The summed E-state index contributed by atoms with van der Waals surface area (Å²) in [7, 11) is 0. The van der Waals surface area contributed by atoms with Crippen LogP contribution in [0.5, 0.6) is 0 Å². The predicted octanol–water partition coefficient (Wildman–Crippen LogP) is 4.05. The molecule has 0 aliphatic rings. The van der Waals surface area contributed by atoms with Crippen molar-refractivity contribution in [2.45, 2.75) is 12.8 Å². The molecule has 0 atom stereocenters. The zero-order valence-electron chi connectivity index (χ0n) is 9.45. The molecule has 0 heterocycles. The van der Waals surface area contributed by atoms with E-state index in [0.29, 0.717) is 5.69 Å². The zero-order chi connectivity index (χ0) is 12.5. The molecule has 0 radical (unpaired) electrons. The lowest BCUT2D eigenvalue weighted by atomic mass is 10.0. The summed E-state index contributed by atoms with van der Waals surface area (Å²) in [6.07, 6.45) is 0. The fourth-order valence-corrected chi connectivity index (χ4v) is 1.67. The number of nitrogens with two attached hydrogens (primary N) is 1. The molecule has 0 fully saturated rings. The van der Waals surface area contributed by atoms with Crippen molar-refractivity contribution in [2.75, 3.05) is 5.73 Å². The van der Waals surface area contributed by atoms with Crippen LogP contribution in [0.2, 0.25) is 0 Å². The smallest absolute Gasteiger partial charge is 0.270 e. The van der Waals surface area contributed by atoms with E-state index in [-0.39, 0.29) is 5.56 Å². The highest BCUT2D eigenvalue weighted by Gasteiger charge is 2.23. The maximum Gasteiger partial charge on any atom is 0.270 e. The molecule has 0 bridgehead atoms. The van der Waals surface area contributed by atoms with Gasteiger partial charge in [-0.25, -0.2) is 8.78 Å². The molecule has 2 N–H and O–H groups in total. The van der Waals surface area contributed by atoms with E-state index in [1.165, 1.54) is 12.1 Å². The van der Waals surface area contributed by atoms with Crippen LogP contribution in [0.4, 0.5) is 14.5 Å². The van der Waals surface area contributed by atoms with Crippen LogP contribution in [0.1, 0.15) is 12.5 Å². The number of nitrogen functional groups attached to an aromatic ring is 1. The lowest BCUT2D eigenvalue weighted by Gasteiger charge is -2.11. The Morgan fingerprint density at radius 2 is 1.59 bits per heavy atom. The zero-order valence-corrected chi connectivity index (χ0v) is 9.45. The molecular formula is C14H13F2N. The maximum atomic E-state index is 13.0. The van der Waals surface area contributed by atoms with Crippen LogP contribution < -0.4 is 5.73 Å². The number of rotatable bonds is 2. The first kappa shape index (κ1) is 11.6. The third-order valence-corrected chi connectivity index (χ3v) is 2.61. The van der Waals surface area contributed by atoms with Gasteiger partial charge in [0.1, 0.15) is 0 Å². The Balaban J connectivity index is 2.36. The molecule has 88 valence electrons. The minimum Gasteiger partial charge on any atom is -0.399 e. The summed E-state index contributed by atoms with van der Waals surface area (Å²) in [5.74, 6) is -2.80. The monoisotopic (exact) mass is 233 g/mol. The van der Waals surface area contributed by atoms with Crippen LogP contribution in [0.25, 0.3) is 11.1 Å². The summed E-state index contributed by atoms with van der Waals surface area (Å²) >= 11 is 0. The van der Waals surface area contributed by atoms with Crippen molar-refractivity contribution in [3.8, 4) is 11.1 Å². The molecule has 0 unspecified atom stereocenters. The van der Waals surface area contributed by atoms with Gasteiger partial charge in [0, 0.05) is 18.2 Å². The van der Waals surface area contributed by atoms with E-state index in [1.807, 2.05) is 18.2 Å². The lowest BCUT2D eigenvalue weighted by Crippen LogP contribution is -2.06. The van der Waals surface area contributed by atoms with Crippen molar-refractivity contribution >= 4 is 5.69 Å². The number of hydrogen-bond donors (Lipinski definition) is 1. The van der Waals surface area contributed by atoms with Gasteiger partial charge in [-0.15, -0.1) is 0 Å². The van der Waals surface area contributed by atoms with Gasteiger partial charge in [0.25, 0.3) is 5.92 Å². The topological polar surface area (TPSA) is 26.0 Å². The van der Waals surface area contributed by atoms with Crippen molar-refractivity contribution < 1.29 is 8.78 Å². The van der Waals surface area contributed by atoms with Gasteiger partial charge in [-0.3, -0.25) is 0 Å². The van der Waals surface area contributed by atoms with E-state index in [2.05, 4.69) is 0 Å². The number of benzene rings is 2. The number of halogens is 2. The van der Waals surface area contributed by atoms with Crippen molar-refractivity contribution in [1.82, 2.24) is 0 Å². The first-order valence-corrected chi connectivity index (χ1v) is 5.31. The minimum absolute atomic E-state index is 0.0187. The molecule has 3 heteroatoms. The van der Waals surface area contributed by atoms with E-state index in [4.69, 9.17) is 5.73 Å². The van der Waals surface area contributed by atoms with Gasteiger partial charge in [-0.1, -0.05) is 36.4 Å². The normalized spacial score (nSPS) is 11.5. The maximum absolute atomic E-state index is 13.0. The van der Waals surface area contributed by atoms with Crippen molar-refractivity contribution in [3.63, 3.8) is 0 Å². The highest BCUT2D eigenvalue weighted by molar-refractivity contribution is 5.67. The summed E-state index contributed by atoms with van der Waals surface area (Å²) in [4.78, 5) is 0. The molecule has 0 amide bonds. The van der Waals surface area contributed by atoms with E-state index >= 15 is 0 Å². The van der Waals surface area contributed by atoms with Gasteiger partial charge >= 0.3 is 0 Å². The Bertz CT molecular complexity index is 512. The lowest BCUT2D eigenvalue weighted by molar-refractivity contribution is 0.0175. The van der Waals surface area contributed by atoms with Crippen LogP contribution in [0.3, 0.4) is 0 Å². The van der Waals surface area contributed by atoms with E-state index in [9.17, 15) is 8.78 Å². The van der Waals surface area contributed by atoms with E-state index in [1.54, 1.807) is 18.2 Å². The van der Waals surface area contributed by atoms with Gasteiger partial charge in [-0.05, 0) is 23.3 Å². The number of alkyl halides is 2. The molecule has 2 aromatic rings. The molecule has 0 aliphatic heterocycles. The van der Waals surface area contributed by atoms with Crippen LogP contribution in [0, 0.1) is 0 Å². The third-order valence-electron chi connectivity index (χ3n) is 2.61. The summed E-state index contributed by atoms with van der Waals surface area (Å²) in [6, 6.07) is 13.6.